The maximum atomic E-state index is 13.2. The van der Waals surface area contributed by atoms with Gasteiger partial charge in [-0.2, -0.15) is 0 Å². The number of nitrogens with zero attached hydrogens (tertiary/aromatic N) is 3. The number of anilines is 1. The number of hydrogen-bond donors (Lipinski definition) is 2. The fourth-order valence-electron chi connectivity index (χ4n) is 4.33. The minimum Gasteiger partial charge on any atom is -0.352 e. The first-order valence-electron chi connectivity index (χ1n) is 11.7. The molecule has 9 nitrogen and oxygen atoms in total. The number of imidazole rings is 1. The first-order valence-corrected chi connectivity index (χ1v) is 11.7. The number of carbonyl (C=O) groups is 4. The highest BCUT2D eigenvalue weighted by molar-refractivity contribution is 6.10. The summed E-state index contributed by atoms with van der Waals surface area (Å²) in [6.07, 6.45) is 2.33. The first kappa shape index (κ1) is 24.1. The number of nitrogens with one attached hydrogen (secondary N) is 2. The Morgan fingerprint density at radius 3 is 2.46 bits per heavy atom. The highest BCUT2D eigenvalue weighted by Crippen LogP contribution is 2.32. The minimum atomic E-state index is -0.423. The molecule has 0 saturated carbocycles. The molecule has 0 spiro atoms. The molecule has 9 heteroatoms. The van der Waals surface area contributed by atoms with E-state index in [1.165, 1.54) is 11.8 Å². The first-order chi connectivity index (χ1) is 16.7. The van der Waals surface area contributed by atoms with Crippen LogP contribution in [0.5, 0.6) is 0 Å². The van der Waals surface area contributed by atoms with Crippen LogP contribution in [-0.4, -0.2) is 58.6 Å². The number of ketones is 1. The summed E-state index contributed by atoms with van der Waals surface area (Å²) < 4.78 is 1.88. The molecule has 2 N–H and O–H groups in total. The molecule has 2 aromatic carbocycles. The van der Waals surface area contributed by atoms with Crippen LogP contribution < -0.4 is 10.6 Å². The van der Waals surface area contributed by atoms with Gasteiger partial charge in [-0.25, -0.2) is 4.98 Å². The highest BCUT2D eigenvalue weighted by atomic mass is 16.2. The van der Waals surface area contributed by atoms with Crippen molar-refractivity contribution in [2.45, 2.75) is 39.2 Å². The van der Waals surface area contributed by atoms with E-state index in [9.17, 15) is 19.2 Å². The quantitative estimate of drug-likeness (QED) is 0.549. The summed E-state index contributed by atoms with van der Waals surface area (Å²) in [6, 6.07) is 9.63. The number of amides is 3. The summed E-state index contributed by atoms with van der Waals surface area (Å²) in [7, 11) is 3.31. The van der Waals surface area contributed by atoms with E-state index < -0.39 is 5.91 Å². The van der Waals surface area contributed by atoms with Crippen LogP contribution in [0.1, 0.15) is 80.6 Å². The predicted molar refractivity (Wildman–Crippen MR) is 133 cm³/mol. The van der Waals surface area contributed by atoms with Gasteiger partial charge in [0.05, 0.1) is 16.6 Å². The van der Waals surface area contributed by atoms with E-state index >= 15 is 0 Å². The number of benzene rings is 2. The summed E-state index contributed by atoms with van der Waals surface area (Å²) in [6.45, 7) is 3.97. The van der Waals surface area contributed by atoms with Gasteiger partial charge in [0.1, 0.15) is 0 Å². The molecule has 4 rings (SSSR count). The number of hydrogen-bond acceptors (Lipinski definition) is 5. The topological polar surface area (TPSA) is 113 Å². The molecule has 2 bridgehead atoms. The third-order valence-electron chi connectivity index (χ3n) is 6.22. The Kier molecular flexibility index (Phi) is 6.68. The zero-order chi connectivity index (χ0) is 25.3. The molecule has 0 saturated heterocycles. The maximum absolute atomic E-state index is 13.2. The van der Waals surface area contributed by atoms with Crippen LogP contribution in [-0.2, 0) is 0 Å². The lowest BCUT2D eigenvalue weighted by atomic mass is 10.0. The second-order valence-electron chi connectivity index (χ2n) is 9.09. The number of fused-ring (bicyclic) bond motifs is 5. The van der Waals surface area contributed by atoms with Crippen molar-refractivity contribution >= 4 is 40.5 Å². The number of carbonyl (C=O) groups excluding carboxylic acids is 4. The van der Waals surface area contributed by atoms with Crippen molar-refractivity contribution in [3.8, 4) is 0 Å². The molecular formula is C26H29N5O4. The zero-order valence-electron chi connectivity index (χ0n) is 20.3. The van der Waals surface area contributed by atoms with Gasteiger partial charge in [0.15, 0.2) is 5.78 Å². The Hall–Kier alpha value is -4.01. The van der Waals surface area contributed by atoms with Crippen LogP contribution >= 0.6 is 0 Å². The van der Waals surface area contributed by atoms with E-state index in [-0.39, 0.29) is 29.6 Å². The van der Waals surface area contributed by atoms with E-state index in [2.05, 4.69) is 15.6 Å². The SMILES string of the molecule is CC(=O)c1cc(C(=O)N(C)C)c2c(c1)nc1n2[C@@H](C)CCCCNC(=O)c2cccc(c2)C(=O)N1. The van der Waals surface area contributed by atoms with Crippen LogP contribution in [0.3, 0.4) is 0 Å². The van der Waals surface area contributed by atoms with Gasteiger partial charge in [-0.3, -0.25) is 24.5 Å². The van der Waals surface area contributed by atoms with Gasteiger partial charge < -0.3 is 14.8 Å². The third-order valence-corrected chi connectivity index (χ3v) is 6.22. The standard InChI is InChI=1S/C26H29N5O4/c1-15-8-5-6-11-27-23(33)17-9-7-10-18(12-17)24(34)29-26-28-21-14-19(16(2)32)13-20(22(21)31(15)26)25(35)30(3)4/h7,9-10,12-15H,5-6,8,11H2,1-4H3,(H,27,33)(H,28,29,34)/t15-/m0/s1. The van der Waals surface area contributed by atoms with Crippen LogP contribution in [0, 0.1) is 0 Å². The lowest BCUT2D eigenvalue weighted by molar-refractivity contribution is 0.0828. The van der Waals surface area contributed by atoms with Gasteiger partial charge >= 0.3 is 0 Å². The van der Waals surface area contributed by atoms with Crippen LogP contribution in [0.2, 0.25) is 0 Å². The fraction of sp³-hybridized carbons (Fsp3) is 0.346. The molecule has 3 aromatic rings. The largest absolute Gasteiger partial charge is 0.352 e. The van der Waals surface area contributed by atoms with Gasteiger partial charge in [-0.15, -0.1) is 0 Å². The molecule has 182 valence electrons. The Morgan fingerprint density at radius 2 is 1.77 bits per heavy atom. The lowest BCUT2D eigenvalue weighted by Crippen LogP contribution is -2.26. The molecule has 1 atom stereocenters. The maximum Gasteiger partial charge on any atom is 0.257 e. The monoisotopic (exact) mass is 475 g/mol. The lowest BCUT2D eigenvalue weighted by Gasteiger charge is -2.20. The summed E-state index contributed by atoms with van der Waals surface area (Å²) in [4.78, 5) is 57.1. The van der Waals surface area contributed by atoms with Gasteiger partial charge in [0.2, 0.25) is 5.95 Å². The molecular weight excluding hydrogens is 446 g/mol. The molecule has 1 aromatic heterocycles. The minimum absolute atomic E-state index is 0.114. The molecule has 3 amide bonds. The Morgan fingerprint density at radius 1 is 1.06 bits per heavy atom. The van der Waals surface area contributed by atoms with Crippen molar-refractivity contribution < 1.29 is 19.2 Å². The van der Waals surface area contributed by atoms with Crippen LogP contribution in [0.25, 0.3) is 11.0 Å². The normalized spacial score (nSPS) is 16.6. The second kappa shape index (κ2) is 9.69. The summed E-state index contributed by atoms with van der Waals surface area (Å²) in [5.41, 5.74) is 2.48. The number of aromatic nitrogens is 2. The average molecular weight is 476 g/mol. The van der Waals surface area contributed by atoms with Crippen LogP contribution in [0.4, 0.5) is 5.95 Å². The third kappa shape index (κ3) is 4.80. The van der Waals surface area contributed by atoms with Gasteiger partial charge in [-0.05, 0) is 63.4 Å². The molecule has 0 aliphatic carbocycles. The van der Waals surface area contributed by atoms with Crippen LogP contribution in [0.15, 0.2) is 36.4 Å². The fourth-order valence-corrected chi connectivity index (χ4v) is 4.33. The van der Waals surface area contributed by atoms with Crippen molar-refractivity contribution in [3.05, 3.63) is 58.7 Å². The van der Waals surface area contributed by atoms with Crippen molar-refractivity contribution in [1.29, 1.82) is 0 Å². The Balaban J connectivity index is 1.92. The molecule has 35 heavy (non-hydrogen) atoms. The molecule has 0 unspecified atom stereocenters. The van der Waals surface area contributed by atoms with Crippen molar-refractivity contribution in [1.82, 2.24) is 19.8 Å². The highest BCUT2D eigenvalue weighted by Gasteiger charge is 2.25. The number of rotatable bonds is 2. The smallest absolute Gasteiger partial charge is 0.257 e. The molecule has 0 radical (unpaired) electrons. The van der Waals surface area contributed by atoms with Gasteiger partial charge in [0.25, 0.3) is 17.7 Å². The zero-order valence-corrected chi connectivity index (χ0v) is 20.3. The van der Waals surface area contributed by atoms with Gasteiger partial charge in [-0.1, -0.05) is 6.07 Å². The predicted octanol–water partition coefficient (Wildman–Crippen LogP) is 3.67. The van der Waals surface area contributed by atoms with E-state index in [0.29, 0.717) is 39.8 Å². The van der Waals surface area contributed by atoms with Crippen molar-refractivity contribution in [2.75, 3.05) is 26.0 Å². The number of Topliss-reactive ketones (excluding diaryl/α,β-unsaturated/α-hetero) is 1. The van der Waals surface area contributed by atoms with E-state index in [0.717, 1.165) is 19.3 Å². The Labute approximate surface area is 203 Å². The van der Waals surface area contributed by atoms with Crippen molar-refractivity contribution in [2.24, 2.45) is 0 Å². The molecule has 1 aliphatic heterocycles. The van der Waals surface area contributed by atoms with Crippen molar-refractivity contribution in [3.63, 3.8) is 0 Å². The summed E-state index contributed by atoms with van der Waals surface area (Å²) in [5, 5.41) is 5.77. The molecule has 1 aliphatic rings. The second-order valence-corrected chi connectivity index (χ2v) is 9.09. The molecule has 0 fully saturated rings. The average Bonchev–Trinajstić information content (AvgIpc) is 3.19. The van der Waals surface area contributed by atoms with E-state index in [4.69, 9.17) is 0 Å². The van der Waals surface area contributed by atoms with E-state index in [1.54, 1.807) is 50.5 Å². The Bertz CT molecular complexity index is 1340. The summed E-state index contributed by atoms with van der Waals surface area (Å²) >= 11 is 0. The van der Waals surface area contributed by atoms with Gasteiger partial charge in [0, 0.05) is 43.4 Å². The summed E-state index contributed by atoms with van der Waals surface area (Å²) in [5.74, 6) is -0.791. The van der Waals surface area contributed by atoms with E-state index in [1.807, 2.05) is 11.5 Å². The molecule has 2 heterocycles.